The molecule has 1 aliphatic heterocycles. The molecule has 0 fully saturated rings. The lowest BCUT2D eigenvalue weighted by atomic mass is 9.78. The van der Waals surface area contributed by atoms with Crippen molar-refractivity contribution in [3.8, 4) is 6.07 Å². The van der Waals surface area contributed by atoms with Crippen LogP contribution < -0.4 is 5.32 Å². The first kappa shape index (κ1) is 12.4. The second-order valence-corrected chi connectivity index (χ2v) is 4.74. The van der Waals surface area contributed by atoms with Crippen LogP contribution in [0.2, 0.25) is 0 Å². The summed E-state index contributed by atoms with van der Waals surface area (Å²) < 4.78 is 13.1. The Morgan fingerprint density at radius 3 is 2.70 bits per heavy atom. The molecule has 0 spiro atoms. The second kappa shape index (κ2) is 4.46. The van der Waals surface area contributed by atoms with Gasteiger partial charge >= 0.3 is 0 Å². The van der Waals surface area contributed by atoms with Crippen LogP contribution in [0.25, 0.3) is 0 Å². The number of nitriles is 1. The van der Waals surface area contributed by atoms with Gasteiger partial charge in [-0.3, -0.25) is 9.89 Å². The van der Waals surface area contributed by atoms with Crippen molar-refractivity contribution in [3.05, 3.63) is 46.9 Å². The molecule has 0 saturated heterocycles. The molecule has 1 aromatic carbocycles. The predicted octanol–water partition coefficient (Wildman–Crippen LogP) is 2.08. The third kappa shape index (κ3) is 1.75. The van der Waals surface area contributed by atoms with Gasteiger partial charge in [-0.05, 0) is 24.6 Å². The average Bonchev–Trinajstić information content (AvgIpc) is 2.79. The van der Waals surface area contributed by atoms with Gasteiger partial charge in [-0.1, -0.05) is 12.1 Å². The van der Waals surface area contributed by atoms with E-state index in [-0.39, 0.29) is 11.7 Å². The van der Waals surface area contributed by atoms with Gasteiger partial charge in [-0.15, -0.1) is 0 Å². The highest BCUT2D eigenvalue weighted by atomic mass is 19.1. The Hall–Kier alpha value is -2.68. The number of aryl methyl sites for hydroxylation is 1. The smallest absolute Gasteiger partial charge is 0.243 e. The highest BCUT2D eigenvalue weighted by molar-refractivity contribution is 5.98. The van der Waals surface area contributed by atoms with Crippen LogP contribution in [0.5, 0.6) is 0 Å². The molecule has 1 amide bonds. The zero-order chi connectivity index (χ0) is 14.3. The summed E-state index contributed by atoms with van der Waals surface area (Å²) in [4.78, 5) is 12.0. The van der Waals surface area contributed by atoms with E-state index >= 15 is 0 Å². The van der Waals surface area contributed by atoms with Crippen molar-refractivity contribution < 1.29 is 9.18 Å². The van der Waals surface area contributed by atoms with Gasteiger partial charge in [0.05, 0.1) is 6.07 Å². The quantitative estimate of drug-likeness (QED) is 0.832. The maximum Gasteiger partial charge on any atom is 0.243 e. The first-order chi connectivity index (χ1) is 9.61. The molecule has 6 heteroatoms. The Bertz CT molecular complexity index is 714. The number of nitrogens with one attached hydrogen (secondary N) is 2. The monoisotopic (exact) mass is 270 g/mol. The molecule has 1 aromatic heterocycles. The molecule has 0 radical (unpaired) electrons. The lowest BCUT2D eigenvalue weighted by molar-refractivity contribution is -0.119. The van der Waals surface area contributed by atoms with E-state index in [1.807, 2.05) is 13.0 Å². The summed E-state index contributed by atoms with van der Waals surface area (Å²) in [5, 5.41) is 18.7. The number of nitrogens with zero attached hydrogens (tertiary/aromatic N) is 2. The van der Waals surface area contributed by atoms with Gasteiger partial charge in [0.15, 0.2) is 5.82 Å². The number of rotatable bonds is 1. The zero-order valence-electron chi connectivity index (χ0n) is 10.6. The van der Waals surface area contributed by atoms with E-state index in [2.05, 4.69) is 15.5 Å². The zero-order valence-corrected chi connectivity index (χ0v) is 10.6. The Labute approximate surface area is 114 Å². The summed E-state index contributed by atoms with van der Waals surface area (Å²) in [5.74, 6) is -1.60. The summed E-state index contributed by atoms with van der Waals surface area (Å²) in [7, 11) is 0. The SMILES string of the molecule is Cc1[nH]nc2c1C(c1ccc(F)cc1)C(C#N)C(=O)N2. The minimum absolute atomic E-state index is 0.355. The molecule has 100 valence electrons. The Morgan fingerprint density at radius 1 is 1.35 bits per heavy atom. The van der Waals surface area contributed by atoms with Crippen LogP contribution in [0, 0.1) is 30.0 Å². The number of hydrogen-bond donors (Lipinski definition) is 2. The molecule has 5 nitrogen and oxygen atoms in total. The molecule has 2 N–H and O–H groups in total. The molecular formula is C14H11FN4O. The molecule has 2 aromatic rings. The Kier molecular flexibility index (Phi) is 2.75. The largest absolute Gasteiger partial charge is 0.308 e. The standard InChI is InChI=1S/C14H11FN4O/c1-7-11-12(8-2-4-9(15)5-3-8)10(6-16)14(20)17-13(11)19-18-7/h2-5,10,12H,1H3,(H2,17,18,19,20). The number of H-pyrrole nitrogens is 1. The molecule has 0 bridgehead atoms. The fourth-order valence-corrected chi connectivity index (χ4v) is 2.59. The molecule has 1 aliphatic rings. The highest BCUT2D eigenvalue weighted by Crippen LogP contribution is 2.41. The molecule has 0 aliphatic carbocycles. The van der Waals surface area contributed by atoms with Crippen molar-refractivity contribution >= 4 is 11.7 Å². The highest BCUT2D eigenvalue weighted by Gasteiger charge is 2.39. The van der Waals surface area contributed by atoms with Gasteiger partial charge in [0.2, 0.25) is 5.91 Å². The molecule has 0 saturated carbocycles. The van der Waals surface area contributed by atoms with Crippen LogP contribution in [0.1, 0.15) is 22.7 Å². The fraction of sp³-hybridized carbons (Fsp3) is 0.214. The minimum Gasteiger partial charge on any atom is -0.308 e. The summed E-state index contributed by atoms with van der Waals surface area (Å²) in [6.45, 7) is 1.83. The maximum atomic E-state index is 13.1. The lowest BCUT2D eigenvalue weighted by Gasteiger charge is -2.27. The summed E-state index contributed by atoms with van der Waals surface area (Å²) in [5.41, 5.74) is 2.29. The van der Waals surface area contributed by atoms with E-state index in [1.165, 1.54) is 12.1 Å². The van der Waals surface area contributed by atoms with Crippen molar-refractivity contribution in [3.63, 3.8) is 0 Å². The van der Waals surface area contributed by atoms with Crippen LogP contribution >= 0.6 is 0 Å². The number of fused-ring (bicyclic) bond motifs is 1. The van der Waals surface area contributed by atoms with E-state index in [1.54, 1.807) is 12.1 Å². The first-order valence-electron chi connectivity index (χ1n) is 6.12. The molecule has 3 rings (SSSR count). The van der Waals surface area contributed by atoms with Crippen LogP contribution in [-0.4, -0.2) is 16.1 Å². The summed E-state index contributed by atoms with van der Waals surface area (Å²) >= 11 is 0. The van der Waals surface area contributed by atoms with E-state index in [4.69, 9.17) is 0 Å². The fourth-order valence-electron chi connectivity index (χ4n) is 2.59. The van der Waals surface area contributed by atoms with Gasteiger partial charge in [-0.2, -0.15) is 10.4 Å². The van der Waals surface area contributed by atoms with Gasteiger partial charge in [0.1, 0.15) is 11.7 Å². The van der Waals surface area contributed by atoms with Crippen LogP contribution in [0.15, 0.2) is 24.3 Å². The van der Waals surface area contributed by atoms with E-state index in [0.29, 0.717) is 5.82 Å². The second-order valence-electron chi connectivity index (χ2n) is 4.74. The van der Waals surface area contributed by atoms with Crippen molar-refractivity contribution in [2.75, 3.05) is 5.32 Å². The Morgan fingerprint density at radius 2 is 2.05 bits per heavy atom. The molecule has 20 heavy (non-hydrogen) atoms. The normalized spacial score (nSPS) is 20.9. The number of carbonyl (C=O) groups excluding carboxylic acids is 1. The van der Waals surface area contributed by atoms with Crippen molar-refractivity contribution in [2.24, 2.45) is 5.92 Å². The number of aromatic amines is 1. The number of carbonyl (C=O) groups is 1. The molecule has 2 unspecified atom stereocenters. The predicted molar refractivity (Wildman–Crippen MR) is 69.3 cm³/mol. The van der Waals surface area contributed by atoms with Crippen LogP contribution in [0.4, 0.5) is 10.2 Å². The van der Waals surface area contributed by atoms with Gasteiger partial charge in [0, 0.05) is 17.2 Å². The first-order valence-corrected chi connectivity index (χ1v) is 6.12. The lowest BCUT2D eigenvalue weighted by Crippen LogP contribution is -2.33. The third-order valence-corrected chi connectivity index (χ3v) is 3.53. The van der Waals surface area contributed by atoms with Crippen molar-refractivity contribution in [1.82, 2.24) is 10.2 Å². The van der Waals surface area contributed by atoms with E-state index in [9.17, 15) is 14.4 Å². The number of amides is 1. The average molecular weight is 270 g/mol. The number of aromatic nitrogens is 2. The minimum atomic E-state index is -0.857. The van der Waals surface area contributed by atoms with E-state index in [0.717, 1.165) is 16.8 Å². The molecular weight excluding hydrogens is 259 g/mol. The van der Waals surface area contributed by atoms with Gasteiger partial charge < -0.3 is 5.32 Å². The van der Waals surface area contributed by atoms with Gasteiger partial charge in [0.25, 0.3) is 0 Å². The number of halogens is 1. The van der Waals surface area contributed by atoms with E-state index < -0.39 is 11.8 Å². The number of anilines is 1. The maximum absolute atomic E-state index is 13.1. The number of hydrogen-bond acceptors (Lipinski definition) is 3. The third-order valence-electron chi connectivity index (χ3n) is 3.53. The van der Waals surface area contributed by atoms with Crippen LogP contribution in [-0.2, 0) is 4.79 Å². The van der Waals surface area contributed by atoms with Crippen molar-refractivity contribution in [1.29, 1.82) is 5.26 Å². The van der Waals surface area contributed by atoms with Crippen LogP contribution in [0.3, 0.4) is 0 Å². The molecule has 2 atom stereocenters. The number of benzene rings is 1. The topological polar surface area (TPSA) is 81.6 Å². The van der Waals surface area contributed by atoms with Crippen molar-refractivity contribution in [2.45, 2.75) is 12.8 Å². The summed E-state index contributed by atoms with van der Waals surface area (Å²) in [6, 6.07) is 7.87. The Balaban J connectivity index is 2.19. The molecule has 2 heterocycles. The summed E-state index contributed by atoms with van der Waals surface area (Å²) in [6.07, 6.45) is 0. The van der Waals surface area contributed by atoms with Gasteiger partial charge in [-0.25, -0.2) is 4.39 Å².